The molecular weight excluding hydrogens is 330 g/mol. The van der Waals surface area contributed by atoms with E-state index >= 15 is 0 Å². The number of benzene rings is 2. The molecule has 0 spiro atoms. The Labute approximate surface area is 152 Å². The van der Waals surface area contributed by atoms with Crippen LogP contribution in [-0.4, -0.2) is 18.0 Å². The molecule has 2 aromatic rings. The van der Waals surface area contributed by atoms with E-state index in [1.54, 1.807) is 11.8 Å². The highest BCUT2D eigenvalue weighted by atomic mass is 32.2. The van der Waals surface area contributed by atoms with E-state index in [9.17, 15) is 10.1 Å². The summed E-state index contributed by atoms with van der Waals surface area (Å²) in [5.74, 6) is 0.123. The second-order valence-electron chi connectivity index (χ2n) is 6.40. The molecule has 1 saturated carbocycles. The molecule has 0 saturated heterocycles. The first-order valence-corrected chi connectivity index (χ1v) is 9.20. The third kappa shape index (κ3) is 4.55. The van der Waals surface area contributed by atoms with Crippen molar-refractivity contribution in [3.05, 3.63) is 54.6 Å². The number of rotatable bonds is 7. The molecule has 0 aliphatic heterocycles. The molecule has 2 aromatic carbocycles. The minimum atomic E-state index is -0.753. The molecule has 4 nitrogen and oxygen atoms in total. The summed E-state index contributed by atoms with van der Waals surface area (Å²) >= 11 is 1.65. The zero-order valence-electron chi connectivity index (χ0n) is 14.2. The van der Waals surface area contributed by atoms with Crippen molar-refractivity contribution < 1.29 is 4.79 Å². The van der Waals surface area contributed by atoms with Gasteiger partial charge in [0.1, 0.15) is 5.54 Å². The van der Waals surface area contributed by atoms with Crippen LogP contribution < -0.4 is 10.6 Å². The van der Waals surface area contributed by atoms with Gasteiger partial charge in [0.15, 0.2) is 0 Å². The van der Waals surface area contributed by atoms with E-state index in [4.69, 9.17) is 0 Å². The number of hydrogen-bond acceptors (Lipinski definition) is 4. The summed E-state index contributed by atoms with van der Waals surface area (Å²) in [4.78, 5) is 14.5. The smallest absolute Gasteiger partial charge is 0.240 e. The second kappa shape index (κ2) is 7.62. The number of amides is 1. The minimum Gasteiger partial charge on any atom is -0.375 e. The first-order chi connectivity index (χ1) is 12.1. The average Bonchev–Trinajstić information content (AvgIpc) is 3.47. The van der Waals surface area contributed by atoms with Crippen molar-refractivity contribution >= 4 is 23.4 Å². The lowest BCUT2D eigenvalue weighted by Crippen LogP contribution is -2.48. The first kappa shape index (κ1) is 17.4. The predicted molar refractivity (Wildman–Crippen MR) is 100 cm³/mol. The van der Waals surface area contributed by atoms with Gasteiger partial charge in [0.2, 0.25) is 5.91 Å². The Balaban J connectivity index is 1.61. The number of carbonyl (C=O) groups is 1. The summed E-state index contributed by atoms with van der Waals surface area (Å²) in [6.07, 6.45) is 2.02. The average molecular weight is 351 g/mol. The maximum Gasteiger partial charge on any atom is 0.240 e. The standard InChI is InChI=1S/C20H21N3OS/c1-20(14-21,15-11-12-15)23-19(24)13-22-17-9-5-6-10-18(17)25-16-7-3-2-4-8-16/h2-10,15,22H,11-13H2,1H3,(H,23,24). The van der Waals surface area contributed by atoms with Crippen molar-refractivity contribution in [1.82, 2.24) is 5.32 Å². The largest absolute Gasteiger partial charge is 0.375 e. The van der Waals surface area contributed by atoms with E-state index in [0.717, 1.165) is 28.3 Å². The van der Waals surface area contributed by atoms with Crippen molar-refractivity contribution in [1.29, 1.82) is 5.26 Å². The van der Waals surface area contributed by atoms with Crippen LogP contribution in [0, 0.1) is 17.2 Å². The quantitative estimate of drug-likeness (QED) is 0.789. The number of para-hydroxylation sites is 1. The van der Waals surface area contributed by atoms with Crippen LogP contribution in [0.2, 0.25) is 0 Å². The molecule has 1 unspecified atom stereocenters. The summed E-state index contributed by atoms with van der Waals surface area (Å²) in [5.41, 5.74) is 0.161. The molecule has 25 heavy (non-hydrogen) atoms. The van der Waals surface area contributed by atoms with E-state index in [1.807, 2.05) is 49.4 Å². The molecule has 128 valence electrons. The molecule has 0 aromatic heterocycles. The number of nitrogens with zero attached hydrogens (tertiary/aromatic N) is 1. The Bertz CT molecular complexity index is 783. The highest BCUT2D eigenvalue weighted by molar-refractivity contribution is 7.99. The van der Waals surface area contributed by atoms with Gasteiger partial charge < -0.3 is 10.6 Å². The van der Waals surface area contributed by atoms with Crippen molar-refractivity contribution in [3.8, 4) is 6.07 Å². The summed E-state index contributed by atoms with van der Waals surface area (Å²) in [5, 5.41) is 15.4. The van der Waals surface area contributed by atoms with Crippen LogP contribution in [0.1, 0.15) is 19.8 Å². The van der Waals surface area contributed by atoms with Gasteiger partial charge in [-0.25, -0.2) is 0 Å². The Morgan fingerprint density at radius 1 is 1.20 bits per heavy atom. The van der Waals surface area contributed by atoms with E-state index in [2.05, 4.69) is 28.8 Å². The van der Waals surface area contributed by atoms with Crippen molar-refractivity contribution in [2.24, 2.45) is 5.92 Å². The summed E-state index contributed by atoms with van der Waals surface area (Å²) in [6, 6.07) is 20.3. The van der Waals surface area contributed by atoms with Gasteiger partial charge in [0.05, 0.1) is 12.6 Å². The summed E-state index contributed by atoms with van der Waals surface area (Å²) in [6.45, 7) is 1.96. The van der Waals surface area contributed by atoms with Gasteiger partial charge in [-0.2, -0.15) is 5.26 Å². The van der Waals surface area contributed by atoms with Crippen molar-refractivity contribution in [2.75, 3.05) is 11.9 Å². The molecular formula is C20H21N3OS. The molecule has 2 N–H and O–H groups in total. The lowest BCUT2D eigenvalue weighted by atomic mass is 9.98. The van der Waals surface area contributed by atoms with Gasteiger partial charge >= 0.3 is 0 Å². The van der Waals surface area contributed by atoms with Crippen molar-refractivity contribution in [2.45, 2.75) is 35.1 Å². The predicted octanol–water partition coefficient (Wildman–Crippen LogP) is 4.06. The molecule has 1 amide bonds. The van der Waals surface area contributed by atoms with Gasteiger partial charge in [-0.3, -0.25) is 4.79 Å². The zero-order chi connectivity index (χ0) is 17.7. The van der Waals surface area contributed by atoms with Crippen LogP contribution >= 0.6 is 11.8 Å². The third-order valence-corrected chi connectivity index (χ3v) is 5.41. The van der Waals surface area contributed by atoms with Gasteiger partial charge in [-0.15, -0.1) is 0 Å². The van der Waals surface area contributed by atoms with Crippen LogP contribution in [0.3, 0.4) is 0 Å². The molecule has 1 aliphatic carbocycles. The topological polar surface area (TPSA) is 64.9 Å². The molecule has 0 radical (unpaired) electrons. The van der Waals surface area contributed by atoms with Gasteiger partial charge in [0, 0.05) is 15.5 Å². The molecule has 1 aliphatic rings. The van der Waals surface area contributed by atoms with Crippen LogP contribution in [0.5, 0.6) is 0 Å². The second-order valence-corrected chi connectivity index (χ2v) is 7.52. The van der Waals surface area contributed by atoms with Gasteiger partial charge in [-0.05, 0) is 49.9 Å². The molecule has 1 atom stereocenters. The van der Waals surface area contributed by atoms with Crippen LogP contribution in [0.25, 0.3) is 0 Å². The molecule has 0 bridgehead atoms. The Morgan fingerprint density at radius 2 is 1.88 bits per heavy atom. The fraction of sp³-hybridized carbons (Fsp3) is 0.300. The minimum absolute atomic E-state index is 0.149. The zero-order valence-corrected chi connectivity index (χ0v) is 15.0. The summed E-state index contributed by atoms with van der Waals surface area (Å²) < 4.78 is 0. The van der Waals surface area contributed by atoms with Crippen LogP contribution in [-0.2, 0) is 4.79 Å². The number of nitrogens with one attached hydrogen (secondary N) is 2. The normalized spacial score (nSPS) is 15.7. The monoisotopic (exact) mass is 351 g/mol. The lowest BCUT2D eigenvalue weighted by molar-refractivity contribution is -0.120. The Morgan fingerprint density at radius 3 is 2.56 bits per heavy atom. The maximum absolute atomic E-state index is 12.3. The molecule has 1 fully saturated rings. The fourth-order valence-electron chi connectivity index (χ4n) is 2.71. The highest BCUT2D eigenvalue weighted by Gasteiger charge is 2.42. The Hall–Kier alpha value is -2.45. The fourth-order valence-corrected chi connectivity index (χ4v) is 3.65. The number of nitriles is 1. The third-order valence-electron chi connectivity index (χ3n) is 4.32. The van der Waals surface area contributed by atoms with E-state index in [-0.39, 0.29) is 18.4 Å². The van der Waals surface area contributed by atoms with Gasteiger partial charge in [-0.1, -0.05) is 42.1 Å². The van der Waals surface area contributed by atoms with E-state index in [1.165, 1.54) is 0 Å². The molecule has 3 rings (SSSR count). The number of carbonyl (C=O) groups excluding carboxylic acids is 1. The Kier molecular flexibility index (Phi) is 5.30. The number of hydrogen-bond donors (Lipinski definition) is 2. The first-order valence-electron chi connectivity index (χ1n) is 8.39. The van der Waals surface area contributed by atoms with Crippen molar-refractivity contribution in [3.63, 3.8) is 0 Å². The van der Waals surface area contributed by atoms with Crippen LogP contribution in [0.15, 0.2) is 64.4 Å². The maximum atomic E-state index is 12.3. The van der Waals surface area contributed by atoms with Gasteiger partial charge in [0.25, 0.3) is 0 Å². The highest BCUT2D eigenvalue weighted by Crippen LogP contribution is 2.39. The lowest BCUT2D eigenvalue weighted by Gasteiger charge is -2.23. The molecule has 5 heteroatoms. The number of anilines is 1. The summed E-state index contributed by atoms with van der Waals surface area (Å²) in [7, 11) is 0. The van der Waals surface area contributed by atoms with E-state index < -0.39 is 5.54 Å². The van der Waals surface area contributed by atoms with E-state index in [0.29, 0.717) is 0 Å². The van der Waals surface area contributed by atoms with Crippen LogP contribution in [0.4, 0.5) is 5.69 Å². The molecule has 0 heterocycles. The SMILES string of the molecule is CC(C#N)(NC(=O)CNc1ccccc1Sc1ccccc1)C1CC1.